The molecular weight excluding hydrogens is 396 g/mol. The highest BCUT2D eigenvalue weighted by molar-refractivity contribution is 5.76. The fourth-order valence-corrected chi connectivity index (χ4v) is 3.74. The second-order valence-electron chi connectivity index (χ2n) is 7.19. The Balaban J connectivity index is 1.56. The Hall–Kier alpha value is -3.88. The summed E-state index contributed by atoms with van der Waals surface area (Å²) in [4.78, 5) is 26.1. The summed E-state index contributed by atoms with van der Waals surface area (Å²) >= 11 is 0. The first-order valence-corrected chi connectivity index (χ1v) is 10.0. The van der Waals surface area contributed by atoms with Crippen LogP contribution in [0.3, 0.4) is 0 Å². The van der Waals surface area contributed by atoms with Crippen LogP contribution in [0.4, 0.5) is 28.7 Å². The SMILES string of the molecule is COc1ccc(N2CCN(c3ncnc(N(C)c4ccccc4)c3[N+](=O)[O-])CC2)cc1. The summed E-state index contributed by atoms with van der Waals surface area (Å²) in [7, 11) is 3.42. The fraction of sp³-hybridized carbons (Fsp3) is 0.273. The van der Waals surface area contributed by atoms with E-state index in [0.29, 0.717) is 18.9 Å². The molecule has 2 heterocycles. The smallest absolute Gasteiger partial charge is 0.353 e. The van der Waals surface area contributed by atoms with Crippen molar-refractivity contribution < 1.29 is 9.66 Å². The minimum absolute atomic E-state index is 0.0771. The van der Waals surface area contributed by atoms with Gasteiger partial charge in [0.1, 0.15) is 12.1 Å². The van der Waals surface area contributed by atoms with Crippen molar-refractivity contribution in [2.45, 2.75) is 0 Å². The van der Waals surface area contributed by atoms with Crippen LogP contribution in [-0.2, 0) is 0 Å². The molecule has 0 aliphatic carbocycles. The number of hydrogen-bond acceptors (Lipinski definition) is 8. The van der Waals surface area contributed by atoms with Crippen molar-refractivity contribution in [3.63, 3.8) is 0 Å². The number of para-hydroxylation sites is 1. The minimum atomic E-state index is -0.389. The van der Waals surface area contributed by atoms with Crippen molar-refractivity contribution in [1.82, 2.24) is 9.97 Å². The van der Waals surface area contributed by atoms with Crippen LogP contribution in [-0.4, -0.2) is 55.2 Å². The Bertz CT molecular complexity index is 1040. The van der Waals surface area contributed by atoms with E-state index in [1.54, 1.807) is 19.1 Å². The molecule has 2 aromatic carbocycles. The van der Waals surface area contributed by atoms with Gasteiger partial charge in [0.2, 0.25) is 11.6 Å². The number of anilines is 4. The fourth-order valence-electron chi connectivity index (χ4n) is 3.74. The van der Waals surface area contributed by atoms with Gasteiger partial charge < -0.3 is 19.4 Å². The molecule has 0 bridgehead atoms. The van der Waals surface area contributed by atoms with Gasteiger partial charge in [-0.15, -0.1) is 0 Å². The molecule has 0 saturated carbocycles. The summed E-state index contributed by atoms with van der Waals surface area (Å²) < 4.78 is 5.22. The van der Waals surface area contributed by atoms with Gasteiger partial charge in [0, 0.05) is 44.6 Å². The highest BCUT2D eigenvalue weighted by atomic mass is 16.6. The molecule has 160 valence electrons. The van der Waals surface area contributed by atoms with E-state index in [2.05, 4.69) is 14.9 Å². The monoisotopic (exact) mass is 420 g/mol. The Kier molecular flexibility index (Phi) is 5.83. The van der Waals surface area contributed by atoms with Crippen molar-refractivity contribution in [3.05, 3.63) is 71.0 Å². The summed E-state index contributed by atoms with van der Waals surface area (Å²) in [5, 5.41) is 12.0. The third-order valence-corrected chi connectivity index (χ3v) is 5.44. The van der Waals surface area contributed by atoms with Gasteiger partial charge in [-0.3, -0.25) is 10.1 Å². The van der Waals surface area contributed by atoms with E-state index in [9.17, 15) is 10.1 Å². The molecule has 1 saturated heterocycles. The summed E-state index contributed by atoms with van der Waals surface area (Å²) in [5.74, 6) is 1.44. The number of piperazine rings is 1. The lowest BCUT2D eigenvalue weighted by atomic mass is 10.2. The van der Waals surface area contributed by atoms with Crippen molar-refractivity contribution in [2.24, 2.45) is 0 Å². The van der Waals surface area contributed by atoms with Crippen molar-refractivity contribution in [1.29, 1.82) is 0 Å². The predicted molar refractivity (Wildman–Crippen MR) is 121 cm³/mol. The standard InChI is InChI=1S/C22H24N6O3/c1-25(17-6-4-3-5-7-17)21-20(28(29)30)22(24-16-23-21)27-14-12-26(13-15-27)18-8-10-19(31-2)11-9-18/h3-11,16H,12-15H2,1-2H3. The summed E-state index contributed by atoms with van der Waals surface area (Å²) in [6.45, 7) is 2.71. The van der Waals surface area contributed by atoms with E-state index >= 15 is 0 Å². The van der Waals surface area contributed by atoms with Crippen LogP contribution in [0.5, 0.6) is 5.75 Å². The average Bonchev–Trinajstić information content (AvgIpc) is 2.83. The van der Waals surface area contributed by atoms with Crippen LogP contribution in [0, 0.1) is 10.1 Å². The maximum Gasteiger partial charge on any atom is 0.353 e. The predicted octanol–water partition coefficient (Wildman–Crippen LogP) is 3.49. The number of ether oxygens (including phenoxy) is 1. The van der Waals surface area contributed by atoms with E-state index in [0.717, 1.165) is 30.2 Å². The Morgan fingerprint density at radius 1 is 0.968 bits per heavy atom. The van der Waals surface area contributed by atoms with Crippen LogP contribution < -0.4 is 19.4 Å². The molecule has 0 amide bonds. The first kappa shape index (κ1) is 20.4. The zero-order valence-electron chi connectivity index (χ0n) is 17.5. The van der Waals surface area contributed by atoms with E-state index in [-0.39, 0.29) is 16.4 Å². The molecule has 1 aliphatic rings. The number of aromatic nitrogens is 2. The van der Waals surface area contributed by atoms with E-state index in [1.807, 2.05) is 59.5 Å². The topological polar surface area (TPSA) is 87.9 Å². The molecular formula is C22H24N6O3. The van der Waals surface area contributed by atoms with Crippen molar-refractivity contribution in [3.8, 4) is 5.75 Å². The highest BCUT2D eigenvalue weighted by Crippen LogP contribution is 2.37. The van der Waals surface area contributed by atoms with Gasteiger partial charge >= 0.3 is 5.69 Å². The molecule has 0 spiro atoms. The largest absolute Gasteiger partial charge is 0.497 e. The van der Waals surface area contributed by atoms with Gasteiger partial charge in [-0.1, -0.05) is 18.2 Å². The summed E-state index contributed by atoms with van der Waals surface area (Å²) in [6.07, 6.45) is 1.40. The molecule has 1 fully saturated rings. The Labute approximate surface area is 180 Å². The molecule has 31 heavy (non-hydrogen) atoms. The Morgan fingerprint density at radius 2 is 1.61 bits per heavy atom. The molecule has 0 radical (unpaired) electrons. The van der Waals surface area contributed by atoms with Crippen molar-refractivity contribution in [2.75, 3.05) is 55.0 Å². The first-order chi connectivity index (χ1) is 15.1. The second-order valence-corrected chi connectivity index (χ2v) is 7.19. The van der Waals surface area contributed by atoms with Gasteiger partial charge in [0.25, 0.3) is 0 Å². The molecule has 4 rings (SSSR count). The molecule has 0 atom stereocenters. The molecule has 1 aromatic heterocycles. The minimum Gasteiger partial charge on any atom is -0.497 e. The van der Waals surface area contributed by atoms with Crippen molar-refractivity contribution >= 4 is 28.7 Å². The number of nitro groups is 1. The molecule has 0 N–H and O–H groups in total. The van der Waals surface area contributed by atoms with Crippen LogP contribution in [0.15, 0.2) is 60.9 Å². The normalized spacial score (nSPS) is 13.7. The third-order valence-electron chi connectivity index (χ3n) is 5.44. The summed E-state index contributed by atoms with van der Waals surface area (Å²) in [5.41, 5.74) is 1.84. The van der Waals surface area contributed by atoms with Crippen LogP contribution in [0.1, 0.15) is 0 Å². The molecule has 9 nitrogen and oxygen atoms in total. The van der Waals surface area contributed by atoms with Crippen LogP contribution in [0.2, 0.25) is 0 Å². The number of hydrogen-bond donors (Lipinski definition) is 0. The lowest BCUT2D eigenvalue weighted by Gasteiger charge is -2.36. The van der Waals surface area contributed by atoms with Crippen LogP contribution >= 0.6 is 0 Å². The maximum absolute atomic E-state index is 12.0. The molecule has 1 aliphatic heterocycles. The lowest BCUT2D eigenvalue weighted by Crippen LogP contribution is -2.47. The zero-order valence-corrected chi connectivity index (χ0v) is 17.5. The number of methoxy groups -OCH3 is 1. The average molecular weight is 420 g/mol. The number of nitrogens with zero attached hydrogens (tertiary/aromatic N) is 6. The van der Waals surface area contributed by atoms with Crippen LogP contribution in [0.25, 0.3) is 0 Å². The first-order valence-electron chi connectivity index (χ1n) is 10.0. The molecule has 9 heteroatoms. The number of rotatable bonds is 6. The second kappa shape index (κ2) is 8.86. The third kappa shape index (κ3) is 4.20. The lowest BCUT2D eigenvalue weighted by molar-refractivity contribution is -0.383. The van der Waals surface area contributed by atoms with E-state index in [1.165, 1.54) is 6.33 Å². The van der Waals surface area contributed by atoms with E-state index in [4.69, 9.17) is 4.74 Å². The highest BCUT2D eigenvalue weighted by Gasteiger charge is 2.31. The van der Waals surface area contributed by atoms with Gasteiger partial charge in [0.15, 0.2) is 0 Å². The maximum atomic E-state index is 12.0. The number of benzene rings is 2. The molecule has 3 aromatic rings. The van der Waals surface area contributed by atoms with Gasteiger partial charge in [-0.2, -0.15) is 0 Å². The summed E-state index contributed by atoms with van der Waals surface area (Å²) in [6, 6.07) is 17.4. The van der Waals surface area contributed by atoms with Gasteiger partial charge in [-0.25, -0.2) is 9.97 Å². The van der Waals surface area contributed by atoms with Gasteiger partial charge in [-0.05, 0) is 36.4 Å². The molecule has 0 unspecified atom stereocenters. The quantitative estimate of drug-likeness (QED) is 0.442. The Morgan fingerprint density at radius 3 is 2.23 bits per heavy atom. The van der Waals surface area contributed by atoms with E-state index < -0.39 is 0 Å². The van der Waals surface area contributed by atoms with Gasteiger partial charge in [0.05, 0.1) is 12.0 Å². The zero-order chi connectivity index (χ0) is 21.8.